The predicted octanol–water partition coefficient (Wildman–Crippen LogP) is 0.399. The van der Waals surface area contributed by atoms with Crippen LogP contribution in [0.5, 0.6) is 0 Å². The summed E-state index contributed by atoms with van der Waals surface area (Å²) in [5, 5.41) is 2.81. The Morgan fingerprint density at radius 3 is 3.07 bits per heavy atom. The zero-order valence-electron chi connectivity index (χ0n) is 8.23. The van der Waals surface area contributed by atoms with E-state index in [0.29, 0.717) is 18.7 Å². The van der Waals surface area contributed by atoms with E-state index in [9.17, 15) is 4.79 Å². The molecule has 0 spiro atoms. The summed E-state index contributed by atoms with van der Waals surface area (Å²) in [6, 6.07) is 0. The molecule has 0 aliphatic carbocycles. The molecule has 78 valence electrons. The Balaban J connectivity index is 2.22. The monoisotopic (exact) mass is 213 g/mol. The van der Waals surface area contributed by atoms with E-state index in [-0.39, 0.29) is 5.91 Å². The van der Waals surface area contributed by atoms with Gasteiger partial charge < -0.3 is 9.88 Å². The molecule has 5 heteroatoms. The quantitative estimate of drug-likeness (QED) is 0.695. The van der Waals surface area contributed by atoms with Gasteiger partial charge in [-0.3, -0.25) is 4.79 Å². The SMILES string of the molecule is Cn1ccnc1CCNC(=O)CCS. The van der Waals surface area contributed by atoms with Crippen LogP contribution in [0.2, 0.25) is 0 Å². The second-order valence-electron chi connectivity index (χ2n) is 3.03. The van der Waals surface area contributed by atoms with Crippen LogP contribution < -0.4 is 5.32 Å². The zero-order chi connectivity index (χ0) is 10.4. The first-order chi connectivity index (χ1) is 6.74. The van der Waals surface area contributed by atoms with E-state index in [4.69, 9.17) is 0 Å². The Morgan fingerprint density at radius 1 is 1.71 bits per heavy atom. The molecule has 0 saturated heterocycles. The molecule has 0 aliphatic rings. The number of aromatic nitrogens is 2. The first-order valence-corrected chi connectivity index (χ1v) is 5.21. The molecule has 0 saturated carbocycles. The summed E-state index contributed by atoms with van der Waals surface area (Å²) in [5.41, 5.74) is 0. The Bertz CT molecular complexity index is 298. The lowest BCUT2D eigenvalue weighted by Crippen LogP contribution is -2.26. The van der Waals surface area contributed by atoms with Crippen molar-refractivity contribution >= 4 is 18.5 Å². The molecule has 0 aliphatic heterocycles. The van der Waals surface area contributed by atoms with Gasteiger partial charge in [0.15, 0.2) is 0 Å². The Kier molecular flexibility index (Phi) is 4.52. The summed E-state index contributed by atoms with van der Waals surface area (Å²) < 4.78 is 1.95. The number of thiol groups is 1. The maximum Gasteiger partial charge on any atom is 0.220 e. The number of nitrogens with one attached hydrogen (secondary N) is 1. The molecule has 1 aromatic heterocycles. The van der Waals surface area contributed by atoms with E-state index in [0.717, 1.165) is 12.2 Å². The van der Waals surface area contributed by atoms with Crippen LogP contribution in [0, 0.1) is 0 Å². The summed E-state index contributed by atoms with van der Waals surface area (Å²) in [4.78, 5) is 15.2. The van der Waals surface area contributed by atoms with Crippen LogP contribution in [-0.4, -0.2) is 27.8 Å². The Morgan fingerprint density at radius 2 is 2.50 bits per heavy atom. The number of carbonyl (C=O) groups is 1. The minimum Gasteiger partial charge on any atom is -0.356 e. The summed E-state index contributed by atoms with van der Waals surface area (Å²) in [7, 11) is 1.94. The molecule has 1 amide bonds. The van der Waals surface area contributed by atoms with E-state index in [1.54, 1.807) is 6.20 Å². The number of nitrogens with zero attached hydrogens (tertiary/aromatic N) is 2. The average Bonchev–Trinajstić information content (AvgIpc) is 2.52. The average molecular weight is 213 g/mol. The highest BCUT2D eigenvalue weighted by atomic mass is 32.1. The molecule has 0 bridgehead atoms. The Hall–Kier alpha value is -0.970. The van der Waals surface area contributed by atoms with Gasteiger partial charge in [-0.15, -0.1) is 0 Å². The number of rotatable bonds is 5. The second kappa shape index (κ2) is 5.70. The van der Waals surface area contributed by atoms with Gasteiger partial charge in [-0.25, -0.2) is 4.98 Å². The number of carbonyl (C=O) groups excluding carboxylic acids is 1. The van der Waals surface area contributed by atoms with Crippen molar-refractivity contribution in [2.45, 2.75) is 12.8 Å². The van der Waals surface area contributed by atoms with Gasteiger partial charge in [0.25, 0.3) is 0 Å². The minimum absolute atomic E-state index is 0.0502. The van der Waals surface area contributed by atoms with Crippen LogP contribution in [0.15, 0.2) is 12.4 Å². The predicted molar refractivity (Wildman–Crippen MR) is 58.4 cm³/mol. The standard InChI is InChI=1S/C9H15N3OS/c1-12-6-5-10-8(12)2-4-11-9(13)3-7-14/h5-6,14H,2-4,7H2,1H3,(H,11,13). The van der Waals surface area contributed by atoms with Gasteiger partial charge in [-0.05, 0) is 5.75 Å². The summed E-state index contributed by atoms with van der Waals surface area (Å²) in [6.45, 7) is 0.636. The highest BCUT2D eigenvalue weighted by Gasteiger charge is 2.01. The number of imidazole rings is 1. The molecular formula is C9H15N3OS. The second-order valence-corrected chi connectivity index (χ2v) is 3.48. The number of hydrogen-bond donors (Lipinski definition) is 2. The lowest BCUT2D eigenvalue weighted by molar-refractivity contribution is -0.120. The molecule has 1 rings (SSSR count). The van der Waals surface area contributed by atoms with E-state index in [1.165, 1.54) is 0 Å². The normalized spacial score (nSPS) is 10.1. The molecule has 1 heterocycles. The van der Waals surface area contributed by atoms with Crippen LogP contribution in [-0.2, 0) is 18.3 Å². The molecule has 0 radical (unpaired) electrons. The smallest absolute Gasteiger partial charge is 0.220 e. The van der Waals surface area contributed by atoms with Gasteiger partial charge in [0.05, 0.1) is 0 Å². The third kappa shape index (κ3) is 3.41. The highest BCUT2D eigenvalue weighted by molar-refractivity contribution is 7.80. The van der Waals surface area contributed by atoms with Crippen LogP contribution in [0.4, 0.5) is 0 Å². The maximum absolute atomic E-state index is 11.1. The maximum atomic E-state index is 11.1. The lowest BCUT2D eigenvalue weighted by Gasteiger charge is -2.03. The van der Waals surface area contributed by atoms with Gasteiger partial charge in [0, 0.05) is 38.8 Å². The molecule has 1 aromatic rings. The third-order valence-corrected chi connectivity index (χ3v) is 2.15. The zero-order valence-corrected chi connectivity index (χ0v) is 9.13. The fourth-order valence-corrected chi connectivity index (χ4v) is 1.34. The van der Waals surface area contributed by atoms with Crippen molar-refractivity contribution in [3.05, 3.63) is 18.2 Å². The van der Waals surface area contributed by atoms with Gasteiger partial charge in [-0.2, -0.15) is 12.6 Å². The third-order valence-electron chi connectivity index (χ3n) is 1.93. The largest absolute Gasteiger partial charge is 0.356 e. The van der Waals surface area contributed by atoms with Crippen LogP contribution in [0.25, 0.3) is 0 Å². The first-order valence-electron chi connectivity index (χ1n) is 4.58. The number of hydrogen-bond acceptors (Lipinski definition) is 3. The van der Waals surface area contributed by atoms with Crippen LogP contribution in [0.1, 0.15) is 12.2 Å². The van der Waals surface area contributed by atoms with Gasteiger partial charge in [-0.1, -0.05) is 0 Å². The molecule has 14 heavy (non-hydrogen) atoms. The fraction of sp³-hybridized carbons (Fsp3) is 0.556. The van der Waals surface area contributed by atoms with Crippen molar-refractivity contribution in [1.82, 2.24) is 14.9 Å². The highest BCUT2D eigenvalue weighted by Crippen LogP contribution is 1.94. The van der Waals surface area contributed by atoms with Crippen LogP contribution in [0.3, 0.4) is 0 Å². The molecule has 4 nitrogen and oxygen atoms in total. The summed E-state index contributed by atoms with van der Waals surface area (Å²) in [6.07, 6.45) is 4.89. The van der Waals surface area contributed by atoms with Crippen molar-refractivity contribution < 1.29 is 4.79 Å². The summed E-state index contributed by atoms with van der Waals surface area (Å²) >= 11 is 3.98. The van der Waals surface area contributed by atoms with Crippen LogP contribution >= 0.6 is 12.6 Å². The lowest BCUT2D eigenvalue weighted by atomic mass is 10.3. The van der Waals surface area contributed by atoms with Gasteiger partial charge >= 0.3 is 0 Å². The first kappa shape index (κ1) is 11.1. The van der Waals surface area contributed by atoms with E-state index in [1.807, 2.05) is 17.8 Å². The van der Waals surface area contributed by atoms with Gasteiger partial charge in [0.2, 0.25) is 5.91 Å². The molecule has 0 atom stereocenters. The fourth-order valence-electron chi connectivity index (χ4n) is 1.14. The molecule has 0 fully saturated rings. The van der Waals surface area contributed by atoms with E-state index < -0.39 is 0 Å². The van der Waals surface area contributed by atoms with E-state index in [2.05, 4.69) is 22.9 Å². The molecule has 0 unspecified atom stereocenters. The Labute approximate surface area is 89.1 Å². The van der Waals surface area contributed by atoms with Crippen molar-refractivity contribution in [3.63, 3.8) is 0 Å². The van der Waals surface area contributed by atoms with E-state index >= 15 is 0 Å². The van der Waals surface area contributed by atoms with Gasteiger partial charge in [0.1, 0.15) is 5.82 Å². The topological polar surface area (TPSA) is 46.9 Å². The number of aryl methyl sites for hydroxylation is 1. The summed E-state index contributed by atoms with van der Waals surface area (Å²) in [5.74, 6) is 1.62. The number of amides is 1. The van der Waals surface area contributed by atoms with Crippen molar-refractivity contribution in [2.75, 3.05) is 12.3 Å². The molecule has 1 N–H and O–H groups in total. The van der Waals surface area contributed by atoms with Crippen molar-refractivity contribution in [2.24, 2.45) is 7.05 Å². The molecular weight excluding hydrogens is 198 g/mol. The molecule has 0 aromatic carbocycles. The minimum atomic E-state index is 0.0502. The van der Waals surface area contributed by atoms with Crippen molar-refractivity contribution in [3.8, 4) is 0 Å². The van der Waals surface area contributed by atoms with Crippen molar-refractivity contribution in [1.29, 1.82) is 0 Å².